The van der Waals surface area contributed by atoms with Gasteiger partial charge >= 0.3 is 5.69 Å². The van der Waals surface area contributed by atoms with Crippen molar-refractivity contribution in [1.29, 1.82) is 0 Å². The first kappa shape index (κ1) is 14.9. The molecule has 0 aliphatic rings. The van der Waals surface area contributed by atoms with Crippen LogP contribution in [0.1, 0.15) is 28.7 Å². The van der Waals surface area contributed by atoms with Crippen molar-refractivity contribution in [2.24, 2.45) is 7.05 Å². The predicted octanol–water partition coefficient (Wildman–Crippen LogP) is -0.0677. The van der Waals surface area contributed by atoms with Gasteiger partial charge < -0.3 is 9.26 Å². The van der Waals surface area contributed by atoms with Crippen molar-refractivity contribution in [2.45, 2.75) is 20.1 Å². The van der Waals surface area contributed by atoms with E-state index >= 15 is 0 Å². The summed E-state index contributed by atoms with van der Waals surface area (Å²) in [4.78, 5) is 35.3. The lowest BCUT2D eigenvalue weighted by molar-refractivity contribution is 0.101. The lowest BCUT2D eigenvalue weighted by Gasteiger charge is -2.07. The van der Waals surface area contributed by atoms with Crippen LogP contribution in [0.3, 0.4) is 0 Å². The van der Waals surface area contributed by atoms with Gasteiger partial charge in [0.2, 0.25) is 0 Å². The summed E-state index contributed by atoms with van der Waals surface area (Å²) >= 11 is 0. The molecule has 2 aromatic heterocycles. The Labute approximate surface area is 119 Å². The summed E-state index contributed by atoms with van der Waals surface area (Å²) in [6.45, 7) is 1.65. The van der Waals surface area contributed by atoms with E-state index in [0.29, 0.717) is 11.5 Å². The fraction of sp³-hybridized carbons (Fsp3) is 0.385. The van der Waals surface area contributed by atoms with Gasteiger partial charge in [0.25, 0.3) is 5.56 Å². The van der Waals surface area contributed by atoms with Crippen LogP contribution in [0.4, 0.5) is 0 Å². The summed E-state index contributed by atoms with van der Waals surface area (Å²) < 4.78 is 12.1. The number of hydrogen-bond acceptors (Lipinski definition) is 6. The second kappa shape index (κ2) is 5.88. The number of Topliss-reactive ketones (excluding diaryl/α,β-unsaturated/α-hetero) is 1. The molecule has 0 aliphatic heterocycles. The number of carbonyl (C=O) groups is 1. The van der Waals surface area contributed by atoms with Gasteiger partial charge in [0, 0.05) is 26.4 Å². The molecule has 21 heavy (non-hydrogen) atoms. The van der Waals surface area contributed by atoms with Gasteiger partial charge in [-0.15, -0.1) is 0 Å². The molecule has 0 unspecified atom stereocenters. The summed E-state index contributed by atoms with van der Waals surface area (Å²) in [6.07, 6.45) is 1.25. The van der Waals surface area contributed by atoms with Crippen LogP contribution in [0.2, 0.25) is 0 Å². The number of aromatic nitrogens is 3. The van der Waals surface area contributed by atoms with E-state index < -0.39 is 17.0 Å². The van der Waals surface area contributed by atoms with E-state index in [1.165, 1.54) is 31.8 Å². The molecule has 8 nitrogen and oxygen atoms in total. The lowest BCUT2D eigenvalue weighted by Crippen LogP contribution is -2.40. The van der Waals surface area contributed by atoms with Gasteiger partial charge in [-0.25, -0.2) is 4.79 Å². The van der Waals surface area contributed by atoms with Crippen LogP contribution in [0.15, 0.2) is 26.4 Å². The van der Waals surface area contributed by atoms with Crippen LogP contribution < -0.4 is 11.2 Å². The van der Waals surface area contributed by atoms with Crippen molar-refractivity contribution >= 4 is 5.78 Å². The van der Waals surface area contributed by atoms with E-state index in [1.807, 2.05) is 0 Å². The van der Waals surface area contributed by atoms with E-state index in [1.54, 1.807) is 6.07 Å². The molecule has 0 amide bonds. The molecular formula is C13H15N3O5. The Hall–Kier alpha value is -2.48. The normalized spacial score (nSPS) is 10.8. The minimum Gasteiger partial charge on any atom is -0.377 e. The highest BCUT2D eigenvalue weighted by Crippen LogP contribution is 2.06. The molecule has 0 bridgehead atoms. The van der Waals surface area contributed by atoms with E-state index in [9.17, 15) is 14.4 Å². The summed E-state index contributed by atoms with van der Waals surface area (Å²) in [5.41, 5.74) is -0.680. The molecule has 8 heteroatoms. The zero-order chi connectivity index (χ0) is 15.6. The second-order valence-corrected chi connectivity index (χ2v) is 4.59. The highest BCUT2D eigenvalue weighted by molar-refractivity contribution is 5.93. The van der Waals surface area contributed by atoms with Gasteiger partial charge in [0.15, 0.2) is 11.5 Å². The van der Waals surface area contributed by atoms with Gasteiger partial charge in [-0.3, -0.25) is 18.7 Å². The van der Waals surface area contributed by atoms with Crippen LogP contribution in [-0.2, 0) is 24.9 Å². The molecule has 0 radical (unpaired) electrons. The summed E-state index contributed by atoms with van der Waals surface area (Å²) in [5, 5.41) is 3.81. The van der Waals surface area contributed by atoms with Crippen LogP contribution in [0.25, 0.3) is 0 Å². The lowest BCUT2D eigenvalue weighted by atomic mass is 10.2. The molecule has 0 atom stereocenters. The number of ether oxygens (including phenoxy) is 1. The molecule has 112 valence electrons. The van der Waals surface area contributed by atoms with Crippen LogP contribution in [0.5, 0.6) is 0 Å². The quantitative estimate of drug-likeness (QED) is 0.716. The second-order valence-electron chi connectivity index (χ2n) is 4.59. The topological polar surface area (TPSA) is 96.3 Å². The fourth-order valence-electron chi connectivity index (χ4n) is 1.90. The molecule has 0 N–H and O–H groups in total. The molecule has 0 fully saturated rings. The van der Waals surface area contributed by atoms with Gasteiger partial charge in [-0.05, 0) is 6.92 Å². The maximum atomic E-state index is 12.0. The Balaban J connectivity index is 2.41. The minimum atomic E-state index is -0.607. The maximum Gasteiger partial charge on any atom is 0.331 e. The average molecular weight is 293 g/mol. The van der Waals surface area contributed by atoms with E-state index in [2.05, 4.69) is 5.16 Å². The first-order chi connectivity index (χ1) is 9.93. The van der Waals surface area contributed by atoms with Crippen molar-refractivity contribution in [1.82, 2.24) is 14.3 Å². The number of methoxy groups -OCH3 is 1. The third kappa shape index (κ3) is 3.00. The Kier molecular flexibility index (Phi) is 4.18. The summed E-state index contributed by atoms with van der Waals surface area (Å²) in [7, 11) is 2.85. The monoisotopic (exact) mass is 293 g/mol. The van der Waals surface area contributed by atoms with Crippen LogP contribution >= 0.6 is 0 Å². The first-order valence-electron chi connectivity index (χ1n) is 6.19. The smallest absolute Gasteiger partial charge is 0.331 e. The molecule has 0 spiro atoms. The molecule has 2 aromatic rings. The zero-order valence-corrected chi connectivity index (χ0v) is 12.0. The van der Waals surface area contributed by atoms with E-state index in [4.69, 9.17) is 9.26 Å². The highest BCUT2D eigenvalue weighted by atomic mass is 16.5. The van der Waals surface area contributed by atoms with Crippen molar-refractivity contribution in [3.05, 3.63) is 50.1 Å². The SMILES string of the molecule is COCc1cc(Cn2cc(C(C)=O)c(=O)n(C)c2=O)no1. The number of nitrogens with zero attached hydrogens (tertiary/aromatic N) is 3. The third-order valence-electron chi connectivity index (χ3n) is 2.96. The predicted molar refractivity (Wildman–Crippen MR) is 72.3 cm³/mol. The van der Waals surface area contributed by atoms with Gasteiger partial charge in [0.05, 0.1) is 12.1 Å². The number of rotatable bonds is 5. The Morgan fingerprint density at radius 1 is 1.43 bits per heavy atom. The Morgan fingerprint density at radius 2 is 2.14 bits per heavy atom. The summed E-state index contributed by atoms with van der Waals surface area (Å²) in [6, 6.07) is 1.65. The van der Waals surface area contributed by atoms with E-state index in [0.717, 1.165) is 4.57 Å². The third-order valence-corrected chi connectivity index (χ3v) is 2.96. The van der Waals surface area contributed by atoms with Crippen molar-refractivity contribution < 1.29 is 14.1 Å². The van der Waals surface area contributed by atoms with E-state index in [-0.39, 0.29) is 18.7 Å². The van der Waals surface area contributed by atoms with Crippen LogP contribution in [-0.4, -0.2) is 27.2 Å². The minimum absolute atomic E-state index is 0.0438. The standard InChI is InChI=1S/C13H15N3O5/c1-8(17)11-6-16(13(19)15(2)12(11)18)5-9-4-10(7-20-3)21-14-9/h4,6H,5,7H2,1-3H3. The van der Waals surface area contributed by atoms with Gasteiger partial charge in [0.1, 0.15) is 12.3 Å². The molecule has 0 aliphatic carbocycles. The summed E-state index contributed by atoms with van der Waals surface area (Å²) in [5.74, 6) is 0.127. The Morgan fingerprint density at radius 3 is 2.76 bits per heavy atom. The van der Waals surface area contributed by atoms with Crippen LogP contribution in [0, 0.1) is 0 Å². The maximum absolute atomic E-state index is 12.0. The van der Waals surface area contributed by atoms with Gasteiger partial charge in [-0.2, -0.15) is 0 Å². The molecule has 2 heterocycles. The van der Waals surface area contributed by atoms with Crippen molar-refractivity contribution in [3.8, 4) is 0 Å². The molecule has 0 saturated heterocycles. The molecule has 2 rings (SSSR count). The van der Waals surface area contributed by atoms with Crippen molar-refractivity contribution in [3.63, 3.8) is 0 Å². The zero-order valence-electron chi connectivity index (χ0n) is 12.0. The largest absolute Gasteiger partial charge is 0.377 e. The fourth-order valence-corrected chi connectivity index (χ4v) is 1.90. The first-order valence-corrected chi connectivity index (χ1v) is 6.19. The highest BCUT2D eigenvalue weighted by Gasteiger charge is 2.13. The number of hydrogen-bond donors (Lipinski definition) is 0. The molecule has 0 aromatic carbocycles. The number of ketones is 1. The number of carbonyl (C=O) groups excluding carboxylic acids is 1. The molecular weight excluding hydrogens is 278 g/mol. The average Bonchev–Trinajstić information content (AvgIpc) is 2.87. The molecule has 0 saturated carbocycles. The van der Waals surface area contributed by atoms with Gasteiger partial charge in [-0.1, -0.05) is 5.16 Å². The Bertz CT molecular complexity index is 784. The van der Waals surface area contributed by atoms with Crippen molar-refractivity contribution in [2.75, 3.05) is 7.11 Å².